The highest BCUT2D eigenvalue weighted by molar-refractivity contribution is 5.96. The van der Waals surface area contributed by atoms with Crippen molar-refractivity contribution in [2.75, 3.05) is 7.11 Å². The highest BCUT2D eigenvalue weighted by Crippen LogP contribution is 2.44. The predicted molar refractivity (Wildman–Crippen MR) is 75.6 cm³/mol. The van der Waals surface area contributed by atoms with Gasteiger partial charge in [0.1, 0.15) is 0 Å². The van der Waals surface area contributed by atoms with Crippen molar-refractivity contribution in [3.05, 3.63) is 70.3 Å². The molecule has 0 saturated heterocycles. The van der Waals surface area contributed by atoms with Gasteiger partial charge in [-0.05, 0) is 25.0 Å². The molecule has 1 heterocycles. The molecule has 3 heteroatoms. The number of hydrogen-bond donors (Lipinski definition) is 0. The summed E-state index contributed by atoms with van der Waals surface area (Å²) in [6.45, 7) is 3.89. The van der Waals surface area contributed by atoms with Crippen LogP contribution in [0.4, 0.5) is 0 Å². The van der Waals surface area contributed by atoms with E-state index in [9.17, 15) is 4.79 Å². The Bertz CT molecular complexity index is 690. The minimum atomic E-state index is -1.14. The second-order valence-corrected chi connectivity index (χ2v) is 5.02. The zero-order chi connectivity index (χ0) is 14.3. The van der Waals surface area contributed by atoms with Crippen LogP contribution in [0.5, 0.6) is 0 Å². The van der Waals surface area contributed by atoms with Crippen molar-refractivity contribution in [3.63, 3.8) is 0 Å². The summed E-state index contributed by atoms with van der Waals surface area (Å²) in [5.41, 5.74) is 4.17. The van der Waals surface area contributed by atoms with Gasteiger partial charge in [0.25, 0.3) is 5.79 Å². The fourth-order valence-corrected chi connectivity index (χ4v) is 2.85. The molecule has 0 bridgehead atoms. The molecule has 0 aliphatic carbocycles. The average molecular weight is 268 g/mol. The third-order valence-electron chi connectivity index (χ3n) is 3.86. The summed E-state index contributed by atoms with van der Waals surface area (Å²) in [6, 6.07) is 13.5. The minimum Gasteiger partial charge on any atom is -0.420 e. The number of ether oxygens (including phenoxy) is 2. The molecule has 1 atom stereocenters. The predicted octanol–water partition coefficient (Wildman–Crippen LogP) is 3.32. The van der Waals surface area contributed by atoms with Crippen molar-refractivity contribution in [3.8, 4) is 0 Å². The van der Waals surface area contributed by atoms with Gasteiger partial charge in [0.2, 0.25) is 0 Å². The van der Waals surface area contributed by atoms with Crippen LogP contribution in [0.2, 0.25) is 0 Å². The molecule has 102 valence electrons. The molecule has 0 radical (unpaired) electrons. The van der Waals surface area contributed by atoms with E-state index in [0.717, 1.165) is 22.3 Å². The van der Waals surface area contributed by atoms with E-state index in [1.807, 2.05) is 56.3 Å². The first kappa shape index (κ1) is 12.9. The Hall–Kier alpha value is -2.13. The van der Waals surface area contributed by atoms with E-state index in [4.69, 9.17) is 9.47 Å². The fourth-order valence-electron chi connectivity index (χ4n) is 2.85. The second-order valence-electron chi connectivity index (χ2n) is 5.02. The SMILES string of the molecule is CO[C@@]1(c2ccccc2C)OC(=O)c2c(C)cccc21. The fraction of sp³-hybridized carbons (Fsp3) is 0.235. The topological polar surface area (TPSA) is 35.5 Å². The number of carbonyl (C=O) groups is 1. The van der Waals surface area contributed by atoms with Crippen LogP contribution in [0.1, 0.15) is 32.6 Å². The highest BCUT2D eigenvalue weighted by Gasteiger charge is 2.48. The zero-order valence-electron chi connectivity index (χ0n) is 11.8. The zero-order valence-corrected chi connectivity index (χ0v) is 11.8. The highest BCUT2D eigenvalue weighted by atomic mass is 16.7. The summed E-state index contributed by atoms with van der Waals surface area (Å²) in [6.07, 6.45) is 0. The molecular formula is C17H16O3. The van der Waals surface area contributed by atoms with Gasteiger partial charge in [-0.1, -0.05) is 42.5 Å². The minimum absolute atomic E-state index is 0.330. The van der Waals surface area contributed by atoms with E-state index in [0.29, 0.717) is 5.56 Å². The third-order valence-corrected chi connectivity index (χ3v) is 3.86. The lowest BCUT2D eigenvalue weighted by Gasteiger charge is -2.28. The lowest BCUT2D eigenvalue weighted by atomic mass is 9.91. The second kappa shape index (κ2) is 4.46. The van der Waals surface area contributed by atoms with Crippen molar-refractivity contribution in [2.24, 2.45) is 0 Å². The van der Waals surface area contributed by atoms with E-state index in [2.05, 4.69) is 0 Å². The Kier molecular flexibility index (Phi) is 2.87. The third kappa shape index (κ3) is 1.60. The van der Waals surface area contributed by atoms with Crippen molar-refractivity contribution >= 4 is 5.97 Å². The summed E-state index contributed by atoms with van der Waals surface area (Å²) in [5.74, 6) is -1.47. The maximum absolute atomic E-state index is 12.2. The Balaban J connectivity index is 2.31. The van der Waals surface area contributed by atoms with E-state index >= 15 is 0 Å². The van der Waals surface area contributed by atoms with Crippen LogP contribution in [-0.4, -0.2) is 13.1 Å². The van der Waals surface area contributed by atoms with Crippen molar-refractivity contribution in [2.45, 2.75) is 19.6 Å². The number of fused-ring (bicyclic) bond motifs is 1. The number of methoxy groups -OCH3 is 1. The largest absolute Gasteiger partial charge is 0.420 e. The number of carbonyl (C=O) groups excluding carboxylic acids is 1. The van der Waals surface area contributed by atoms with E-state index < -0.39 is 5.79 Å². The number of esters is 1. The first-order valence-corrected chi connectivity index (χ1v) is 6.55. The van der Waals surface area contributed by atoms with Crippen LogP contribution < -0.4 is 0 Å². The number of cyclic esters (lactones) is 1. The maximum Gasteiger partial charge on any atom is 0.341 e. The van der Waals surface area contributed by atoms with Crippen molar-refractivity contribution in [1.82, 2.24) is 0 Å². The Labute approximate surface area is 118 Å². The van der Waals surface area contributed by atoms with Crippen LogP contribution >= 0.6 is 0 Å². The maximum atomic E-state index is 12.2. The lowest BCUT2D eigenvalue weighted by Crippen LogP contribution is -2.31. The van der Waals surface area contributed by atoms with Gasteiger partial charge in [0, 0.05) is 18.2 Å². The molecule has 20 heavy (non-hydrogen) atoms. The van der Waals surface area contributed by atoms with Gasteiger partial charge in [-0.2, -0.15) is 0 Å². The normalized spacial score (nSPS) is 20.6. The summed E-state index contributed by atoms with van der Waals surface area (Å²) in [7, 11) is 1.57. The van der Waals surface area contributed by atoms with Gasteiger partial charge in [-0.25, -0.2) is 4.79 Å². The number of aryl methyl sites for hydroxylation is 2. The molecule has 3 nitrogen and oxygen atoms in total. The quantitative estimate of drug-likeness (QED) is 0.784. The summed E-state index contributed by atoms with van der Waals surface area (Å²) >= 11 is 0. The summed E-state index contributed by atoms with van der Waals surface area (Å²) in [5, 5.41) is 0. The Morgan fingerprint density at radius 1 is 0.950 bits per heavy atom. The van der Waals surface area contributed by atoms with Crippen LogP contribution in [0.3, 0.4) is 0 Å². The Morgan fingerprint density at radius 3 is 2.30 bits per heavy atom. The molecule has 0 spiro atoms. The smallest absolute Gasteiger partial charge is 0.341 e. The molecule has 1 aliphatic rings. The van der Waals surface area contributed by atoms with Gasteiger partial charge in [-0.3, -0.25) is 0 Å². The molecule has 2 aromatic rings. The van der Waals surface area contributed by atoms with Gasteiger partial charge in [-0.15, -0.1) is 0 Å². The average Bonchev–Trinajstić information content (AvgIpc) is 2.74. The van der Waals surface area contributed by atoms with Crippen LogP contribution in [-0.2, 0) is 15.3 Å². The molecule has 1 aliphatic heterocycles. The van der Waals surface area contributed by atoms with E-state index in [1.54, 1.807) is 7.11 Å². The van der Waals surface area contributed by atoms with Gasteiger partial charge >= 0.3 is 5.97 Å². The molecule has 0 amide bonds. The molecule has 0 unspecified atom stereocenters. The number of hydrogen-bond acceptors (Lipinski definition) is 3. The Morgan fingerprint density at radius 2 is 1.60 bits per heavy atom. The molecular weight excluding hydrogens is 252 g/mol. The van der Waals surface area contributed by atoms with Crippen molar-refractivity contribution < 1.29 is 14.3 Å². The molecule has 2 aromatic carbocycles. The van der Waals surface area contributed by atoms with Gasteiger partial charge in [0.15, 0.2) is 0 Å². The van der Waals surface area contributed by atoms with E-state index in [-0.39, 0.29) is 5.97 Å². The first-order valence-electron chi connectivity index (χ1n) is 6.55. The standard InChI is InChI=1S/C17H16O3/c1-11-7-4-5-9-13(11)17(19-3)14-10-6-8-12(2)15(14)16(18)20-17/h4-10H,1-3H3/t17-/m0/s1. The van der Waals surface area contributed by atoms with E-state index in [1.165, 1.54) is 0 Å². The molecule has 0 aromatic heterocycles. The van der Waals surface area contributed by atoms with Crippen LogP contribution in [0, 0.1) is 13.8 Å². The lowest BCUT2D eigenvalue weighted by molar-refractivity contribution is -0.155. The number of benzene rings is 2. The van der Waals surface area contributed by atoms with Gasteiger partial charge in [0.05, 0.1) is 5.56 Å². The van der Waals surface area contributed by atoms with Crippen LogP contribution in [0.25, 0.3) is 0 Å². The monoisotopic (exact) mass is 268 g/mol. The number of rotatable bonds is 2. The molecule has 0 fully saturated rings. The molecule has 0 N–H and O–H groups in total. The van der Waals surface area contributed by atoms with Crippen molar-refractivity contribution in [1.29, 1.82) is 0 Å². The summed E-state index contributed by atoms with van der Waals surface area (Å²) in [4.78, 5) is 12.2. The molecule has 3 rings (SSSR count). The van der Waals surface area contributed by atoms with Gasteiger partial charge < -0.3 is 9.47 Å². The van der Waals surface area contributed by atoms with Crippen LogP contribution in [0.15, 0.2) is 42.5 Å². The molecule has 0 saturated carbocycles. The summed E-state index contributed by atoms with van der Waals surface area (Å²) < 4.78 is 11.3. The first-order chi connectivity index (χ1) is 9.60.